The molecule has 0 saturated heterocycles. The molecule has 85 valence electrons. The maximum Gasteiger partial charge on any atom is 0.0160 e. The molecular formula is C15H10IrN-. The Balaban J connectivity index is 0.00000108. The first-order chi connectivity index (χ1) is 7.93. The molecule has 3 aromatic rings. The summed E-state index contributed by atoms with van der Waals surface area (Å²) in [5.41, 5.74) is 2.01. The van der Waals surface area contributed by atoms with Gasteiger partial charge in [-0.1, -0.05) is 41.8 Å². The van der Waals surface area contributed by atoms with Gasteiger partial charge in [0.25, 0.3) is 0 Å². The smallest absolute Gasteiger partial charge is 0.0160 e. The number of aromatic nitrogens is 1. The van der Waals surface area contributed by atoms with Crippen LogP contribution in [-0.4, -0.2) is 4.98 Å². The van der Waals surface area contributed by atoms with Crippen molar-refractivity contribution in [2.24, 2.45) is 0 Å². The summed E-state index contributed by atoms with van der Waals surface area (Å²) >= 11 is 0. The second-order valence-corrected chi connectivity index (χ2v) is 3.69. The normalized spacial score (nSPS) is 9.88. The van der Waals surface area contributed by atoms with Crippen LogP contribution in [0, 0.1) is 6.07 Å². The van der Waals surface area contributed by atoms with E-state index in [0.29, 0.717) is 0 Å². The zero-order valence-corrected chi connectivity index (χ0v) is 11.4. The molecule has 0 aliphatic heterocycles. The van der Waals surface area contributed by atoms with Crippen LogP contribution in [0.15, 0.2) is 60.8 Å². The zero-order chi connectivity index (χ0) is 10.8. The number of fused-ring (bicyclic) bond motifs is 1. The Kier molecular flexibility index (Phi) is 3.68. The largest absolute Gasteiger partial charge is 0.305 e. The van der Waals surface area contributed by atoms with Crippen LogP contribution in [0.5, 0.6) is 0 Å². The van der Waals surface area contributed by atoms with Gasteiger partial charge in [-0.15, -0.1) is 29.1 Å². The maximum absolute atomic E-state index is 4.32. The standard InChI is InChI=1S/C15H10N.Ir/c1-2-6-13-11-14(9-8-12(13)5-1)15-7-3-4-10-16-15;/h1-8,10-11H;/q-1;. The SMILES string of the molecule is [Ir].[c-]1cc2ccccc2cc1-c1ccccn1. The minimum atomic E-state index is 0. The van der Waals surface area contributed by atoms with E-state index in [1.165, 1.54) is 10.8 Å². The van der Waals surface area contributed by atoms with Crippen molar-refractivity contribution < 1.29 is 20.1 Å². The average Bonchev–Trinajstić information content (AvgIpc) is 2.39. The van der Waals surface area contributed by atoms with Gasteiger partial charge in [-0.3, -0.25) is 0 Å². The molecule has 2 heteroatoms. The molecule has 0 unspecified atom stereocenters. The third kappa shape index (κ3) is 2.44. The van der Waals surface area contributed by atoms with Crippen LogP contribution < -0.4 is 0 Å². The Morgan fingerprint density at radius 3 is 2.41 bits per heavy atom. The molecule has 2 aromatic carbocycles. The van der Waals surface area contributed by atoms with Gasteiger partial charge < -0.3 is 4.98 Å². The van der Waals surface area contributed by atoms with Crippen LogP contribution in [0.4, 0.5) is 0 Å². The van der Waals surface area contributed by atoms with Crippen molar-refractivity contribution in [2.75, 3.05) is 0 Å². The van der Waals surface area contributed by atoms with E-state index in [1.807, 2.05) is 36.4 Å². The number of pyridine rings is 1. The first kappa shape index (κ1) is 12.0. The second kappa shape index (κ2) is 5.22. The molecule has 3 rings (SSSR count). The fourth-order valence-electron chi connectivity index (χ4n) is 1.80. The Bertz CT molecular complexity index is 620. The van der Waals surface area contributed by atoms with Crippen molar-refractivity contribution >= 4 is 10.8 Å². The molecule has 0 saturated carbocycles. The summed E-state index contributed by atoms with van der Waals surface area (Å²) < 4.78 is 0. The van der Waals surface area contributed by atoms with E-state index >= 15 is 0 Å². The molecule has 1 aromatic heterocycles. The van der Waals surface area contributed by atoms with Gasteiger partial charge in [-0.2, -0.15) is 0 Å². The fourth-order valence-corrected chi connectivity index (χ4v) is 1.80. The van der Waals surface area contributed by atoms with Crippen molar-refractivity contribution in [3.63, 3.8) is 0 Å². The monoisotopic (exact) mass is 397 g/mol. The summed E-state index contributed by atoms with van der Waals surface area (Å²) in [5, 5.41) is 2.43. The Labute approximate surface area is 114 Å². The van der Waals surface area contributed by atoms with E-state index in [9.17, 15) is 0 Å². The third-order valence-electron chi connectivity index (χ3n) is 2.62. The molecular weight excluding hydrogens is 386 g/mol. The number of nitrogens with zero attached hydrogens (tertiary/aromatic N) is 1. The van der Waals surface area contributed by atoms with E-state index in [2.05, 4.69) is 29.2 Å². The van der Waals surface area contributed by atoms with Gasteiger partial charge in [0.15, 0.2) is 0 Å². The quantitative estimate of drug-likeness (QED) is 0.572. The van der Waals surface area contributed by atoms with Gasteiger partial charge >= 0.3 is 0 Å². The number of hydrogen-bond acceptors (Lipinski definition) is 1. The van der Waals surface area contributed by atoms with Crippen LogP contribution in [0.3, 0.4) is 0 Å². The molecule has 17 heavy (non-hydrogen) atoms. The molecule has 0 atom stereocenters. The van der Waals surface area contributed by atoms with Gasteiger partial charge in [0.2, 0.25) is 0 Å². The summed E-state index contributed by atoms with van der Waals surface area (Å²) in [6.45, 7) is 0. The summed E-state index contributed by atoms with van der Waals surface area (Å²) in [6.07, 6.45) is 1.80. The van der Waals surface area contributed by atoms with Crippen LogP contribution in [0.2, 0.25) is 0 Å². The minimum Gasteiger partial charge on any atom is -0.305 e. The van der Waals surface area contributed by atoms with Crippen LogP contribution in [0.25, 0.3) is 22.0 Å². The van der Waals surface area contributed by atoms with Crippen molar-refractivity contribution in [1.82, 2.24) is 4.98 Å². The second-order valence-electron chi connectivity index (χ2n) is 3.69. The van der Waals surface area contributed by atoms with Crippen LogP contribution in [0.1, 0.15) is 0 Å². The molecule has 0 aliphatic rings. The van der Waals surface area contributed by atoms with Gasteiger partial charge in [0, 0.05) is 26.3 Å². The van der Waals surface area contributed by atoms with Gasteiger partial charge in [0.1, 0.15) is 0 Å². The van der Waals surface area contributed by atoms with E-state index < -0.39 is 0 Å². The molecule has 1 heterocycles. The average molecular weight is 396 g/mol. The fraction of sp³-hybridized carbons (Fsp3) is 0. The first-order valence-electron chi connectivity index (χ1n) is 5.25. The molecule has 0 aliphatic carbocycles. The van der Waals surface area contributed by atoms with Crippen LogP contribution in [-0.2, 0) is 20.1 Å². The molecule has 1 nitrogen and oxygen atoms in total. The topological polar surface area (TPSA) is 12.9 Å². The predicted molar refractivity (Wildman–Crippen MR) is 66.0 cm³/mol. The molecule has 1 radical (unpaired) electrons. The summed E-state index contributed by atoms with van der Waals surface area (Å²) in [7, 11) is 0. The Hall–Kier alpha value is -1.50. The predicted octanol–water partition coefficient (Wildman–Crippen LogP) is 3.70. The Morgan fingerprint density at radius 1 is 0.882 bits per heavy atom. The first-order valence-corrected chi connectivity index (χ1v) is 5.25. The number of hydrogen-bond donors (Lipinski definition) is 0. The van der Waals surface area contributed by atoms with Crippen LogP contribution >= 0.6 is 0 Å². The van der Waals surface area contributed by atoms with Gasteiger partial charge in [-0.25, -0.2) is 0 Å². The summed E-state index contributed by atoms with van der Waals surface area (Å²) in [6, 6.07) is 21.6. The number of rotatable bonds is 1. The van der Waals surface area contributed by atoms with Crippen molar-refractivity contribution in [2.45, 2.75) is 0 Å². The van der Waals surface area contributed by atoms with Gasteiger partial charge in [-0.05, 0) is 11.8 Å². The van der Waals surface area contributed by atoms with E-state index in [-0.39, 0.29) is 20.1 Å². The number of benzene rings is 2. The van der Waals surface area contributed by atoms with Crippen molar-refractivity contribution in [3.05, 3.63) is 66.9 Å². The third-order valence-corrected chi connectivity index (χ3v) is 2.62. The summed E-state index contributed by atoms with van der Waals surface area (Å²) in [5.74, 6) is 0. The van der Waals surface area contributed by atoms with E-state index in [0.717, 1.165) is 11.3 Å². The molecule has 0 spiro atoms. The maximum atomic E-state index is 4.32. The summed E-state index contributed by atoms with van der Waals surface area (Å²) in [4.78, 5) is 4.32. The molecule has 0 bridgehead atoms. The molecule has 0 amide bonds. The minimum absolute atomic E-state index is 0. The van der Waals surface area contributed by atoms with E-state index in [1.54, 1.807) is 6.20 Å². The molecule has 0 N–H and O–H groups in total. The van der Waals surface area contributed by atoms with Crippen molar-refractivity contribution in [3.8, 4) is 11.3 Å². The van der Waals surface area contributed by atoms with Gasteiger partial charge in [0.05, 0.1) is 0 Å². The molecule has 0 fully saturated rings. The zero-order valence-electron chi connectivity index (χ0n) is 9.05. The van der Waals surface area contributed by atoms with Crippen molar-refractivity contribution in [1.29, 1.82) is 0 Å². The van der Waals surface area contributed by atoms with E-state index in [4.69, 9.17) is 0 Å². The Morgan fingerprint density at radius 2 is 1.65 bits per heavy atom.